The van der Waals surface area contributed by atoms with E-state index >= 15 is 0 Å². The van der Waals surface area contributed by atoms with Crippen LogP contribution in [-0.4, -0.2) is 68.1 Å². The van der Waals surface area contributed by atoms with Crippen LogP contribution in [0.1, 0.15) is 26.2 Å². The molecule has 106 valence electrons. The maximum absolute atomic E-state index is 11.4. The van der Waals surface area contributed by atoms with Crippen LogP contribution in [0.4, 0.5) is 0 Å². The number of amides is 1. The van der Waals surface area contributed by atoms with Gasteiger partial charge in [-0.1, -0.05) is 6.92 Å². The summed E-state index contributed by atoms with van der Waals surface area (Å²) in [6.45, 7) is 5.92. The Morgan fingerprint density at radius 2 is 2.06 bits per heavy atom. The fourth-order valence-corrected chi connectivity index (χ4v) is 2.01. The van der Waals surface area contributed by atoms with Gasteiger partial charge >= 0.3 is 0 Å². The largest absolute Gasteiger partial charge is 0.368 e. The Morgan fingerprint density at radius 1 is 1.39 bits per heavy atom. The molecule has 0 aromatic rings. The van der Waals surface area contributed by atoms with Gasteiger partial charge in [-0.05, 0) is 53.0 Å². The molecule has 1 saturated carbocycles. The molecule has 1 atom stereocenters. The predicted octanol–water partition coefficient (Wildman–Crippen LogP) is -0.134. The average molecular weight is 256 g/mol. The minimum absolute atomic E-state index is 0.197. The van der Waals surface area contributed by atoms with Crippen LogP contribution in [-0.2, 0) is 4.79 Å². The van der Waals surface area contributed by atoms with E-state index in [-0.39, 0.29) is 11.9 Å². The third kappa shape index (κ3) is 6.33. The molecule has 1 rings (SSSR count). The van der Waals surface area contributed by atoms with Crippen LogP contribution in [0.3, 0.4) is 0 Å². The van der Waals surface area contributed by atoms with Gasteiger partial charge in [-0.25, -0.2) is 0 Å². The third-order valence-electron chi connectivity index (χ3n) is 3.33. The van der Waals surface area contributed by atoms with E-state index in [1.165, 1.54) is 12.8 Å². The van der Waals surface area contributed by atoms with Crippen molar-refractivity contribution < 1.29 is 4.79 Å². The van der Waals surface area contributed by atoms with Crippen LogP contribution < -0.4 is 11.1 Å². The van der Waals surface area contributed by atoms with Crippen LogP contribution in [0.2, 0.25) is 0 Å². The normalized spacial score (nSPS) is 17.4. The number of likely N-dealkylation sites (N-methyl/N-ethyl adjacent to an activating group) is 1. The second-order valence-electron chi connectivity index (χ2n) is 5.45. The molecule has 0 aliphatic heterocycles. The van der Waals surface area contributed by atoms with Gasteiger partial charge in [0.15, 0.2) is 0 Å². The molecule has 0 spiro atoms. The van der Waals surface area contributed by atoms with Gasteiger partial charge < -0.3 is 20.9 Å². The summed E-state index contributed by atoms with van der Waals surface area (Å²) in [5, 5.41) is 3.33. The van der Waals surface area contributed by atoms with Gasteiger partial charge in [0.25, 0.3) is 0 Å². The Kier molecular flexibility index (Phi) is 6.60. The summed E-state index contributed by atoms with van der Waals surface area (Å²) in [5.74, 6) is -0.229. The first-order valence-corrected chi connectivity index (χ1v) is 6.95. The van der Waals surface area contributed by atoms with E-state index in [0.29, 0.717) is 6.04 Å². The highest BCUT2D eigenvalue weighted by atomic mass is 16.1. The number of nitrogens with zero attached hydrogens (tertiary/aromatic N) is 2. The lowest BCUT2D eigenvalue weighted by atomic mass is 10.2. The lowest BCUT2D eigenvalue weighted by Gasteiger charge is -2.26. The highest BCUT2D eigenvalue weighted by Crippen LogP contribution is 2.19. The first-order valence-electron chi connectivity index (χ1n) is 6.95. The van der Waals surface area contributed by atoms with Crippen molar-refractivity contribution in [3.63, 3.8) is 0 Å². The molecule has 0 saturated heterocycles. The molecule has 0 bridgehead atoms. The van der Waals surface area contributed by atoms with Crippen molar-refractivity contribution in [3.8, 4) is 0 Å². The molecule has 5 nitrogen and oxygen atoms in total. The molecule has 1 unspecified atom stereocenters. The molecule has 5 heteroatoms. The van der Waals surface area contributed by atoms with Gasteiger partial charge in [-0.3, -0.25) is 4.79 Å². The van der Waals surface area contributed by atoms with Gasteiger partial charge in [-0.2, -0.15) is 0 Å². The van der Waals surface area contributed by atoms with Gasteiger partial charge in [0.1, 0.15) is 0 Å². The summed E-state index contributed by atoms with van der Waals surface area (Å²) in [6, 6.07) is 0.319. The van der Waals surface area contributed by atoms with Crippen molar-refractivity contribution in [3.05, 3.63) is 0 Å². The number of rotatable bonds is 10. The fraction of sp³-hybridized carbons (Fsp3) is 0.923. The summed E-state index contributed by atoms with van der Waals surface area (Å²) in [7, 11) is 4.16. The Balaban J connectivity index is 2.30. The number of nitrogens with one attached hydrogen (secondary N) is 1. The number of hydrogen-bond acceptors (Lipinski definition) is 4. The minimum atomic E-state index is -0.229. The van der Waals surface area contributed by atoms with Crippen LogP contribution in [0, 0.1) is 0 Å². The minimum Gasteiger partial charge on any atom is -0.368 e. The Labute approximate surface area is 111 Å². The van der Waals surface area contributed by atoms with Crippen molar-refractivity contribution in [1.29, 1.82) is 0 Å². The molecule has 3 N–H and O–H groups in total. The standard InChI is InChI=1S/C13H28N4O/c1-4-17(9-5-8-16(2)3)10-12(13(14)18)15-11-6-7-11/h11-12,15H,4-10H2,1-3H3,(H2,14,18). The van der Waals surface area contributed by atoms with E-state index in [2.05, 4.69) is 36.1 Å². The van der Waals surface area contributed by atoms with E-state index in [1.54, 1.807) is 0 Å². The molecule has 0 aromatic carbocycles. The number of carbonyl (C=O) groups excluding carboxylic acids is 1. The molecule has 0 heterocycles. The van der Waals surface area contributed by atoms with Crippen molar-refractivity contribution in [2.45, 2.75) is 38.3 Å². The van der Waals surface area contributed by atoms with Crippen LogP contribution in [0.25, 0.3) is 0 Å². The molecular formula is C13H28N4O. The quantitative estimate of drug-likeness (QED) is 0.571. The van der Waals surface area contributed by atoms with Crippen molar-refractivity contribution in [1.82, 2.24) is 15.1 Å². The maximum atomic E-state index is 11.4. The fourth-order valence-electron chi connectivity index (χ4n) is 2.01. The van der Waals surface area contributed by atoms with Crippen LogP contribution in [0.5, 0.6) is 0 Å². The zero-order valence-electron chi connectivity index (χ0n) is 12.0. The zero-order chi connectivity index (χ0) is 13.5. The Hall–Kier alpha value is -0.650. The lowest BCUT2D eigenvalue weighted by molar-refractivity contribution is -0.120. The summed E-state index contributed by atoms with van der Waals surface area (Å²) < 4.78 is 0. The van der Waals surface area contributed by atoms with Crippen LogP contribution in [0.15, 0.2) is 0 Å². The van der Waals surface area contributed by atoms with Crippen molar-refractivity contribution in [2.75, 3.05) is 40.3 Å². The number of carbonyl (C=O) groups is 1. The average Bonchev–Trinajstić information content (AvgIpc) is 3.09. The third-order valence-corrected chi connectivity index (χ3v) is 3.33. The highest BCUT2D eigenvalue weighted by Gasteiger charge is 2.28. The molecule has 1 fully saturated rings. The van der Waals surface area contributed by atoms with E-state index in [4.69, 9.17) is 5.73 Å². The second-order valence-corrected chi connectivity index (χ2v) is 5.45. The molecule has 0 aromatic heterocycles. The molecule has 1 aliphatic rings. The topological polar surface area (TPSA) is 61.6 Å². The SMILES string of the molecule is CCN(CCCN(C)C)CC(NC1CC1)C(N)=O. The number of hydrogen-bond donors (Lipinski definition) is 2. The molecule has 0 radical (unpaired) electrons. The number of primary amides is 1. The van der Waals surface area contributed by atoms with Crippen molar-refractivity contribution >= 4 is 5.91 Å². The maximum Gasteiger partial charge on any atom is 0.235 e. The summed E-state index contributed by atoms with van der Waals surface area (Å²) in [6.07, 6.45) is 3.48. The summed E-state index contributed by atoms with van der Waals surface area (Å²) >= 11 is 0. The first kappa shape index (κ1) is 15.4. The van der Waals surface area contributed by atoms with Gasteiger partial charge in [0.2, 0.25) is 5.91 Å². The van der Waals surface area contributed by atoms with E-state index < -0.39 is 0 Å². The molecule has 1 aliphatic carbocycles. The molecular weight excluding hydrogens is 228 g/mol. The zero-order valence-corrected chi connectivity index (χ0v) is 12.0. The molecule has 1 amide bonds. The highest BCUT2D eigenvalue weighted by molar-refractivity contribution is 5.80. The second kappa shape index (κ2) is 7.71. The van der Waals surface area contributed by atoms with Crippen LogP contribution >= 0.6 is 0 Å². The predicted molar refractivity (Wildman–Crippen MR) is 74.4 cm³/mol. The smallest absolute Gasteiger partial charge is 0.235 e. The van der Waals surface area contributed by atoms with Crippen molar-refractivity contribution in [2.24, 2.45) is 5.73 Å². The molecule has 18 heavy (non-hydrogen) atoms. The van der Waals surface area contributed by atoms with E-state index in [9.17, 15) is 4.79 Å². The summed E-state index contributed by atoms with van der Waals surface area (Å²) in [4.78, 5) is 15.9. The van der Waals surface area contributed by atoms with E-state index in [1.807, 2.05) is 0 Å². The lowest BCUT2D eigenvalue weighted by Crippen LogP contribution is -2.50. The first-order chi connectivity index (χ1) is 8.52. The van der Waals surface area contributed by atoms with Gasteiger partial charge in [-0.15, -0.1) is 0 Å². The van der Waals surface area contributed by atoms with E-state index in [0.717, 1.165) is 32.6 Å². The van der Waals surface area contributed by atoms with Gasteiger partial charge in [0, 0.05) is 12.6 Å². The Morgan fingerprint density at radius 3 is 2.50 bits per heavy atom. The number of nitrogens with two attached hydrogens (primary N) is 1. The Bertz CT molecular complexity index is 253. The summed E-state index contributed by atoms with van der Waals surface area (Å²) in [5.41, 5.74) is 5.46. The van der Waals surface area contributed by atoms with Gasteiger partial charge in [0.05, 0.1) is 6.04 Å². The monoisotopic (exact) mass is 256 g/mol.